The smallest absolute Gasteiger partial charge is 0.211 e. The van der Waals surface area contributed by atoms with Crippen LogP contribution in [0.1, 0.15) is 80.6 Å². The number of nitrogens with one attached hydrogen (secondary N) is 3. The molecule has 0 bridgehead atoms. The van der Waals surface area contributed by atoms with Crippen LogP contribution in [0.5, 0.6) is 0 Å². The first-order valence-electron chi connectivity index (χ1n) is 15.1. The minimum Gasteiger partial charge on any atom is -0.393 e. The first-order valence-corrected chi connectivity index (χ1v) is 15.9. The van der Waals surface area contributed by atoms with Crippen LogP contribution in [-0.2, 0) is 9.59 Å². The van der Waals surface area contributed by atoms with Crippen molar-refractivity contribution in [3.05, 3.63) is 70.7 Å². The predicted molar refractivity (Wildman–Crippen MR) is 182 cm³/mol. The molecular formula is C34H56Cl2FN3O3. The first-order chi connectivity index (χ1) is 20.3. The van der Waals surface area contributed by atoms with Gasteiger partial charge >= 0.3 is 0 Å². The molecule has 1 saturated carbocycles. The Labute approximate surface area is 270 Å². The number of hydrogen-bond donors (Lipinski definition) is 4. The van der Waals surface area contributed by atoms with E-state index < -0.39 is 5.83 Å². The molecule has 4 N–H and O–H groups in total. The topological polar surface area (TPSA) is 90.5 Å². The van der Waals surface area contributed by atoms with Crippen LogP contribution in [0.4, 0.5) is 4.39 Å². The molecule has 2 aliphatic rings. The summed E-state index contributed by atoms with van der Waals surface area (Å²) in [6.07, 6.45) is 17.9. The van der Waals surface area contributed by atoms with Gasteiger partial charge in [-0.1, -0.05) is 95.6 Å². The molecule has 1 aliphatic carbocycles. The number of halogens is 3. The number of hydrogen-bond acceptors (Lipinski definition) is 4. The molecule has 0 spiro atoms. The van der Waals surface area contributed by atoms with Crippen molar-refractivity contribution in [2.75, 3.05) is 19.6 Å². The molecule has 9 heteroatoms. The summed E-state index contributed by atoms with van der Waals surface area (Å²) in [4.78, 5) is 20.2. The summed E-state index contributed by atoms with van der Waals surface area (Å²) < 4.78 is 14.0. The van der Waals surface area contributed by atoms with E-state index >= 15 is 0 Å². The highest BCUT2D eigenvalue weighted by atomic mass is 35.5. The van der Waals surface area contributed by atoms with Crippen LogP contribution in [0, 0.1) is 23.2 Å². The average molecular weight is 645 g/mol. The summed E-state index contributed by atoms with van der Waals surface area (Å²) in [6.45, 7) is 20.4. The molecule has 0 aromatic carbocycles. The molecule has 0 aromatic heterocycles. The number of aliphatic hydroxyl groups excluding tert-OH is 1. The molecule has 6 nitrogen and oxygen atoms in total. The van der Waals surface area contributed by atoms with Gasteiger partial charge in [-0.05, 0) is 87.0 Å². The fourth-order valence-electron chi connectivity index (χ4n) is 4.06. The molecule has 1 aliphatic heterocycles. The Bertz CT molecular complexity index is 934. The van der Waals surface area contributed by atoms with Crippen LogP contribution >= 0.6 is 23.2 Å². The van der Waals surface area contributed by atoms with Gasteiger partial charge in [0.1, 0.15) is 5.83 Å². The van der Waals surface area contributed by atoms with Gasteiger partial charge in [-0.15, -0.1) is 0 Å². The zero-order chi connectivity index (χ0) is 33.3. The van der Waals surface area contributed by atoms with Crippen molar-refractivity contribution < 1.29 is 19.1 Å². The monoisotopic (exact) mass is 643 g/mol. The summed E-state index contributed by atoms with van der Waals surface area (Å²) in [5.41, 5.74) is 0.973. The number of carbonyl (C=O) groups excluding carboxylic acids is 2. The van der Waals surface area contributed by atoms with Gasteiger partial charge < -0.3 is 21.1 Å². The molecule has 2 rings (SSSR count). The summed E-state index contributed by atoms with van der Waals surface area (Å²) in [6, 6.07) is 0. The summed E-state index contributed by atoms with van der Waals surface area (Å²) in [5, 5.41) is 18.1. The Hall–Kier alpha value is -2.19. The van der Waals surface area contributed by atoms with Crippen molar-refractivity contribution in [3.63, 3.8) is 0 Å². The molecule has 2 fully saturated rings. The third-order valence-corrected chi connectivity index (χ3v) is 6.63. The first kappa shape index (κ1) is 42.9. The van der Waals surface area contributed by atoms with Crippen molar-refractivity contribution in [1.82, 2.24) is 16.0 Å². The Morgan fingerprint density at radius 2 is 1.77 bits per heavy atom. The van der Waals surface area contributed by atoms with E-state index in [4.69, 9.17) is 28.3 Å². The van der Waals surface area contributed by atoms with Crippen LogP contribution < -0.4 is 16.0 Å². The standard InChI is InChI=1S/C19H23Cl2FN2O.C8H15NO2.C5H12.C2H6/c1-3-17(20)7-5-4-6-15-11-23-12-16(15)8-9-19(22)18(21)10-14(2)24-13-25;10-6-9-4-3-7-1-2-8(11)5-7;1-5(2,3)4;1-2/h3-5,7-10,13,15-16,23H,1,6,11-12H2,2H3,(H,24,25);6-8,11H,1-5H2,(H,9,10);1-4H3;1-2H3/b5-4-,9-8+,14-10+,17-7+,19-18-;;;/t15-,16+;7?,8-;;/m01../s1. The number of amides is 2. The second-order valence-corrected chi connectivity index (χ2v) is 12.7. The number of aliphatic hydroxyl groups is 1. The van der Waals surface area contributed by atoms with Crippen molar-refractivity contribution >= 4 is 36.0 Å². The lowest BCUT2D eigenvalue weighted by molar-refractivity contribution is -0.110. The van der Waals surface area contributed by atoms with Gasteiger partial charge in [0.2, 0.25) is 12.8 Å². The Morgan fingerprint density at radius 1 is 1.12 bits per heavy atom. The van der Waals surface area contributed by atoms with Crippen LogP contribution in [0.25, 0.3) is 0 Å². The lowest BCUT2D eigenvalue weighted by Crippen LogP contribution is -2.15. The van der Waals surface area contributed by atoms with Crippen LogP contribution in [-0.4, -0.2) is 43.7 Å². The summed E-state index contributed by atoms with van der Waals surface area (Å²) >= 11 is 11.7. The molecule has 1 heterocycles. The van der Waals surface area contributed by atoms with Crippen LogP contribution in [0.3, 0.4) is 0 Å². The minimum absolute atomic E-state index is 0.0466. The maximum atomic E-state index is 14.0. The quantitative estimate of drug-likeness (QED) is 0.0928. The molecular weight excluding hydrogens is 588 g/mol. The highest BCUT2D eigenvalue weighted by molar-refractivity contribution is 6.31. The van der Waals surface area contributed by atoms with Crippen LogP contribution in [0.2, 0.25) is 0 Å². The molecule has 1 unspecified atom stereocenters. The van der Waals surface area contributed by atoms with E-state index in [1.54, 1.807) is 19.1 Å². The summed E-state index contributed by atoms with van der Waals surface area (Å²) in [5.74, 6) is 0.689. The third-order valence-electron chi connectivity index (χ3n) is 6.06. The van der Waals surface area contributed by atoms with E-state index in [1.165, 1.54) is 12.2 Å². The van der Waals surface area contributed by atoms with Crippen molar-refractivity contribution in [2.24, 2.45) is 23.2 Å². The minimum atomic E-state index is -0.532. The molecule has 4 atom stereocenters. The van der Waals surface area contributed by atoms with Gasteiger partial charge in [0.25, 0.3) is 0 Å². The second kappa shape index (κ2) is 26.2. The summed E-state index contributed by atoms with van der Waals surface area (Å²) in [7, 11) is 0. The molecule has 1 saturated heterocycles. The van der Waals surface area contributed by atoms with E-state index in [0.717, 1.165) is 58.1 Å². The lowest BCUT2D eigenvalue weighted by Gasteiger charge is -2.12. The highest BCUT2D eigenvalue weighted by Gasteiger charge is 2.24. The Morgan fingerprint density at radius 3 is 2.30 bits per heavy atom. The number of allylic oxidation sites excluding steroid dienone is 10. The largest absolute Gasteiger partial charge is 0.393 e. The van der Waals surface area contributed by atoms with Crippen LogP contribution in [0.15, 0.2) is 70.7 Å². The Balaban J connectivity index is 0. The molecule has 0 radical (unpaired) electrons. The fourth-order valence-corrected chi connectivity index (χ4v) is 4.36. The number of rotatable bonds is 13. The van der Waals surface area contributed by atoms with Gasteiger partial charge in [-0.25, -0.2) is 4.39 Å². The SMILES string of the molecule is C=C/C(Cl)=C\C=C/C[C@H]1CNC[C@H]1/C=C/C(F)=C(Cl)\C=C(/C)NC=O.CC.CC(C)(C)C.O=CNCCC1CC[C@@H](O)C1. The van der Waals surface area contributed by atoms with Crippen molar-refractivity contribution in [3.8, 4) is 0 Å². The van der Waals surface area contributed by atoms with Gasteiger partial charge in [-0.2, -0.15) is 0 Å². The highest BCUT2D eigenvalue weighted by Crippen LogP contribution is 2.27. The van der Waals surface area contributed by atoms with Gasteiger partial charge in [0.05, 0.1) is 11.1 Å². The number of carbonyl (C=O) groups is 2. The fraction of sp³-hybridized carbons (Fsp3) is 0.588. The van der Waals surface area contributed by atoms with Gasteiger partial charge in [0.15, 0.2) is 0 Å². The van der Waals surface area contributed by atoms with Crippen molar-refractivity contribution in [1.29, 1.82) is 0 Å². The maximum Gasteiger partial charge on any atom is 0.211 e. The second-order valence-electron chi connectivity index (χ2n) is 11.8. The van der Waals surface area contributed by atoms with E-state index in [9.17, 15) is 14.0 Å². The molecule has 2 amide bonds. The maximum absolute atomic E-state index is 14.0. The van der Waals surface area contributed by atoms with E-state index in [2.05, 4.69) is 50.2 Å². The molecule has 43 heavy (non-hydrogen) atoms. The third kappa shape index (κ3) is 26.0. The van der Waals surface area contributed by atoms with Crippen molar-refractivity contribution in [2.45, 2.75) is 86.7 Å². The average Bonchev–Trinajstić information content (AvgIpc) is 3.58. The van der Waals surface area contributed by atoms with E-state index in [0.29, 0.717) is 34.4 Å². The van der Waals surface area contributed by atoms with Gasteiger partial charge in [0, 0.05) is 23.8 Å². The zero-order valence-corrected chi connectivity index (χ0v) is 28.8. The normalized spacial score (nSPS) is 22.8. The zero-order valence-electron chi connectivity index (χ0n) is 27.3. The molecule has 246 valence electrons. The Kier molecular flexibility index (Phi) is 26.2. The van der Waals surface area contributed by atoms with E-state index in [-0.39, 0.29) is 17.1 Å². The molecule has 0 aromatic rings. The lowest BCUT2D eigenvalue weighted by atomic mass is 9.92. The van der Waals surface area contributed by atoms with Gasteiger partial charge in [-0.3, -0.25) is 9.59 Å². The van der Waals surface area contributed by atoms with E-state index in [1.807, 2.05) is 32.1 Å². The predicted octanol–water partition coefficient (Wildman–Crippen LogP) is 8.07.